The third-order valence-electron chi connectivity index (χ3n) is 3.57. The van der Waals surface area contributed by atoms with Gasteiger partial charge in [-0.25, -0.2) is 0 Å². The number of carbonyl (C=O) groups is 1. The fraction of sp³-hybridized carbons (Fsp3) is 0.188. The molecule has 3 heteroatoms. The molecular weight excluding hydrogens is 260 g/mol. The van der Waals surface area contributed by atoms with Gasteiger partial charge in [0.1, 0.15) is 5.75 Å². The summed E-state index contributed by atoms with van der Waals surface area (Å²) in [5.41, 5.74) is 2.40. The maximum Gasteiger partial charge on any atom is 0.298 e. The Kier molecular flexibility index (Phi) is 3.26. The Morgan fingerprint density at radius 3 is 2.74 bits per heavy atom. The van der Waals surface area contributed by atoms with E-state index in [1.54, 1.807) is 6.07 Å². The third kappa shape index (κ3) is 2.49. The summed E-state index contributed by atoms with van der Waals surface area (Å²) in [7, 11) is 0. The summed E-state index contributed by atoms with van der Waals surface area (Å²) in [6.45, 7) is 0.456. The standard InChI is InChI=1S/C16H13ClO2/c17-16-7-2-1-6-13(16)15-9-14(15)11-4-3-5-12(8-11)19-10-18/h1-8,10,14-15H,9H2. The molecule has 2 aromatic rings. The molecule has 1 fully saturated rings. The molecule has 1 saturated carbocycles. The Hall–Kier alpha value is -1.80. The van der Waals surface area contributed by atoms with Gasteiger partial charge in [-0.1, -0.05) is 41.9 Å². The zero-order valence-corrected chi connectivity index (χ0v) is 11.0. The van der Waals surface area contributed by atoms with Gasteiger partial charge in [-0.05, 0) is 47.6 Å². The Morgan fingerprint density at radius 1 is 1.11 bits per heavy atom. The van der Waals surface area contributed by atoms with Crippen LogP contribution in [0.5, 0.6) is 5.75 Å². The SMILES string of the molecule is O=COc1cccc(C2CC2c2ccccc2Cl)c1. The average Bonchev–Trinajstić information content (AvgIpc) is 3.20. The lowest BCUT2D eigenvalue weighted by Crippen LogP contribution is -1.90. The molecule has 0 bridgehead atoms. The van der Waals surface area contributed by atoms with Crippen molar-refractivity contribution in [3.63, 3.8) is 0 Å². The largest absolute Gasteiger partial charge is 0.429 e. The third-order valence-corrected chi connectivity index (χ3v) is 3.91. The Bertz CT molecular complexity index is 609. The summed E-state index contributed by atoms with van der Waals surface area (Å²) < 4.78 is 4.88. The van der Waals surface area contributed by atoms with E-state index in [0.717, 1.165) is 11.4 Å². The van der Waals surface area contributed by atoms with E-state index in [0.29, 0.717) is 24.1 Å². The van der Waals surface area contributed by atoms with Crippen LogP contribution in [0.25, 0.3) is 0 Å². The zero-order valence-electron chi connectivity index (χ0n) is 10.3. The van der Waals surface area contributed by atoms with Gasteiger partial charge in [-0.3, -0.25) is 4.79 Å². The van der Waals surface area contributed by atoms with Crippen molar-refractivity contribution in [3.8, 4) is 5.75 Å². The van der Waals surface area contributed by atoms with E-state index in [9.17, 15) is 4.79 Å². The van der Waals surface area contributed by atoms with Crippen molar-refractivity contribution in [1.82, 2.24) is 0 Å². The summed E-state index contributed by atoms with van der Waals surface area (Å²) in [6, 6.07) is 15.7. The van der Waals surface area contributed by atoms with Crippen LogP contribution in [0, 0.1) is 0 Å². The van der Waals surface area contributed by atoms with Crippen LogP contribution in [-0.2, 0) is 4.79 Å². The average molecular weight is 273 g/mol. The molecule has 0 amide bonds. The highest BCUT2D eigenvalue weighted by Gasteiger charge is 2.40. The first-order valence-corrected chi connectivity index (χ1v) is 6.62. The maximum atomic E-state index is 10.4. The van der Waals surface area contributed by atoms with Crippen molar-refractivity contribution in [2.24, 2.45) is 0 Å². The second kappa shape index (κ2) is 5.06. The number of carbonyl (C=O) groups excluding carboxylic acids is 1. The van der Waals surface area contributed by atoms with Gasteiger partial charge in [0.25, 0.3) is 6.47 Å². The minimum Gasteiger partial charge on any atom is -0.429 e. The molecule has 19 heavy (non-hydrogen) atoms. The Labute approximate surface area is 117 Å². The smallest absolute Gasteiger partial charge is 0.298 e. The molecule has 2 atom stereocenters. The first-order valence-electron chi connectivity index (χ1n) is 6.24. The number of rotatable bonds is 4. The molecule has 0 heterocycles. The molecule has 2 aromatic carbocycles. The van der Waals surface area contributed by atoms with Crippen LogP contribution in [0.15, 0.2) is 48.5 Å². The van der Waals surface area contributed by atoms with E-state index >= 15 is 0 Å². The minimum absolute atomic E-state index is 0.456. The van der Waals surface area contributed by atoms with Crippen molar-refractivity contribution in [1.29, 1.82) is 0 Å². The molecule has 2 nitrogen and oxygen atoms in total. The van der Waals surface area contributed by atoms with Crippen LogP contribution >= 0.6 is 11.6 Å². The highest BCUT2D eigenvalue weighted by molar-refractivity contribution is 6.31. The van der Waals surface area contributed by atoms with Gasteiger partial charge in [0, 0.05) is 5.02 Å². The van der Waals surface area contributed by atoms with Gasteiger partial charge >= 0.3 is 0 Å². The molecule has 2 unspecified atom stereocenters. The van der Waals surface area contributed by atoms with Crippen molar-refractivity contribution < 1.29 is 9.53 Å². The quantitative estimate of drug-likeness (QED) is 0.782. The zero-order chi connectivity index (χ0) is 13.2. The van der Waals surface area contributed by atoms with E-state index in [1.165, 1.54) is 11.1 Å². The fourth-order valence-corrected chi connectivity index (χ4v) is 2.83. The Balaban J connectivity index is 1.81. The van der Waals surface area contributed by atoms with Crippen LogP contribution in [0.1, 0.15) is 29.4 Å². The predicted octanol–water partition coefficient (Wildman–Crippen LogP) is 4.15. The maximum absolute atomic E-state index is 10.4. The normalized spacial score (nSPS) is 20.9. The van der Waals surface area contributed by atoms with E-state index < -0.39 is 0 Å². The van der Waals surface area contributed by atoms with E-state index in [2.05, 4.69) is 12.1 Å². The minimum atomic E-state index is 0.456. The van der Waals surface area contributed by atoms with Crippen LogP contribution in [0.4, 0.5) is 0 Å². The molecule has 0 N–H and O–H groups in total. The highest BCUT2D eigenvalue weighted by Crippen LogP contribution is 2.56. The number of hydrogen-bond acceptors (Lipinski definition) is 2. The van der Waals surface area contributed by atoms with Gasteiger partial charge in [-0.15, -0.1) is 0 Å². The lowest BCUT2D eigenvalue weighted by atomic mass is 10.0. The lowest BCUT2D eigenvalue weighted by molar-refractivity contribution is -0.120. The highest BCUT2D eigenvalue weighted by atomic mass is 35.5. The summed E-state index contributed by atoms with van der Waals surface area (Å²) in [5.74, 6) is 1.53. The first-order chi connectivity index (χ1) is 9.29. The molecule has 0 saturated heterocycles. The van der Waals surface area contributed by atoms with Gasteiger partial charge in [0.05, 0.1) is 0 Å². The second-order valence-electron chi connectivity index (χ2n) is 4.76. The number of halogens is 1. The molecule has 0 spiro atoms. The van der Waals surface area contributed by atoms with Crippen LogP contribution < -0.4 is 4.74 Å². The van der Waals surface area contributed by atoms with Crippen molar-refractivity contribution in [2.75, 3.05) is 0 Å². The number of hydrogen-bond donors (Lipinski definition) is 0. The molecule has 1 aliphatic carbocycles. The molecule has 3 rings (SSSR count). The van der Waals surface area contributed by atoms with Crippen molar-refractivity contribution in [2.45, 2.75) is 18.3 Å². The summed E-state index contributed by atoms with van der Waals surface area (Å²) in [5, 5.41) is 0.829. The summed E-state index contributed by atoms with van der Waals surface area (Å²) in [6.07, 6.45) is 1.09. The molecular formula is C16H13ClO2. The number of ether oxygens (including phenoxy) is 1. The van der Waals surface area contributed by atoms with Crippen molar-refractivity contribution >= 4 is 18.1 Å². The van der Waals surface area contributed by atoms with Crippen LogP contribution in [0.2, 0.25) is 5.02 Å². The Morgan fingerprint density at radius 2 is 1.95 bits per heavy atom. The number of benzene rings is 2. The molecule has 0 aliphatic heterocycles. The summed E-state index contributed by atoms with van der Waals surface area (Å²) in [4.78, 5) is 10.4. The van der Waals surface area contributed by atoms with Gasteiger partial charge in [0.15, 0.2) is 0 Å². The molecule has 96 valence electrons. The van der Waals surface area contributed by atoms with Gasteiger partial charge in [0.2, 0.25) is 0 Å². The topological polar surface area (TPSA) is 26.3 Å². The predicted molar refractivity (Wildman–Crippen MR) is 74.7 cm³/mol. The lowest BCUT2D eigenvalue weighted by Gasteiger charge is -2.05. The molecule has 1 aliphatic rings. The first kappa shape index (κ1) is 12.2. The van der Waals surface area contributed by atoms with Crippen molar-refractivity contribution in [3.05, 3.63) is 64.7 Å². The molecule has 0 aromatic heterocycles. The van der Waals surface area contributed by atoms with Crippen LogP contribution in [-0.4, -0.2) is 6.47 Å². The molecule has 0 radical (unpaired) electrons. The van der Waals surface area contributed by atoms with Gasteiger partial charge < -0.3 is 4.74 Å². The monoisotopic (exact) mass is 272 g/mol. The van der Waals surface area contributed by atoms with Gasteiger partial charge in [-0.2, -0.15) is 0 Å². The van der Waals surface area contributed by atoms with Crippen LogP contribution in [0.3, 0.4) is 0 Å². The summed E-state index contributed by atoms with van der Waals surface area (Å²) >= 11 is 6.22. The van der Waals surface area contributed by atoms with E-state index in [4.69, 9.17) is 16.3 Å². The van der Waals surface area contributed by atoms with E-state index in [-0.39, 0.29) is 0 Å². The second-order valence-corrected chi connectivity index (χ2v) is 5.16. The fourth-order valence-electron chi connectivity index (χ4n) is 2.56. The van der Waals surface area contributed by atoms with E-state index in [1.807, 2.05) is 30.3 Å².